The minimum absolute atomic E-state index is 0.0585. The SMILES string of the molecule is CC(C)(C)OC(=O)N[C@@H]1CCCCCCC[C@@H]2C[C@]2(C(=O)O)NC(=O)[C@@H]2C[C@H](n3nnc(-c4cccc(OCc5ccccc5)c4)n3)CN2C1=O. The number of carboxylic acids is 1. The number of carbonyl (C=O) groups excluding carboxylic acids is 3. The second-order valence-corrected chi connectivity index (χ2v) is 14.8. The Bertz CT molecular complexity index is 1720. The molecule has 6 rings (SSSR count). The molecule has 3 N–H and O–H groups in total. The fourth-order valence-electron chi connectivity index (χ4n) is 7.06. The molecule has 3 aromatic rings. The molecule has 0 radical (unpaired) electrons. The first kappa shape index (κ1) is 35.8. The molecule has 3 fully saturated rings. The van der Waals surface area contributed by atoms with Crippen molar-refractivity contribution in [2.24, 2.45) is 5.92 Å². The Morgan fingerprint density at radius 3 is 2.51 bits per heavy atom. The maximum absolute atomic E-state index is 14.3. The van der Waals surface area contributed by atoms with Crippen LogP contribution in [0.4, 0.5) is 4.79 Å². The van der Waals surface area contributed by atoms with Gasteiger partial charge in [0.05, 0.1) is 6.04 Å². The molecule has 14 heteroatoms. The fourth-order valence-corrected chi connectivity index (χ4v) is 7.06. The summed E-state index contributed by atoms with van der Waals surface area (Å²) in [7, 11) is 0. The summed E-state index contributed by atoms with van der Waals surface area (Å²) in [5.41, 5.74) is -0.420. The van der Waals surface area contributed by atoms with Crippen LogP contribution in [0.25, 0.3) is 11.4 Å². The topological polar surface area (TPSA) is 178 Å². The van der Waals surface area contributed by atoms with Gasteiger partial charge in [0.2, 0.25) is 17.6 Å². The third-order valence-electron chi connectivity index (χ3n) is 9.83. The molecule has 3 aliphatic rings. The summed E-state index contributed by atoms with van der Waals surface area (Å²) >= 11 is 0. The van der Waals surface area contributed by atoms with Crippen LogP contribution in [0.3, 0.4) is 0 Å². The van der Waals surface area contributed by atoms with Crippen LogP contribution in [0, 0.1) is 5.92 Å². The van der Waals surface area contributed by atoms with E-state index in [2.05, 4.69) is 26.0 Å². The largest absolute Gasteiger partial charge is 0.489 e. The molecule has 5 atom stereocenters. The molecule has 272 valence electrons. The first-order chi connectivity index (χ1) is 24.4. The maximum atomic E-state index is 14.3. The number of tetrazole rings is 1. The molecule has 1 saturated carbocycles. The molecule has 2 aliphatic heterocycles. The van der Waals surface area contributed by atoms with Crippen molar-refractivity contribution < 1.29 is 33.8 Å². The van der Waals surface area contributed by atoms with E-state index in [1.54, 1.807) is 20.8 Å². The third-order valence-corrected chi connectivity index (χ3v) is 9.83. The molecule has 0 bridgehead atoms. The number of carboxylic acid groups (broad SMARTS) is 1. The Balaban J connectivity index is 1.24. The van der Waals surface area contributed by atoms with Gasteiger partial charge >= 0.3 is 12.1 Å². The summed E-state index contributed by atoms with van der Waals surface area (Å²) in [5, 5.41) is 29.0. The smallest absolute Gasteiger partial charge is 0.408 e. The molecular weight excluding hydrogens is 654 g/mol. The minimum atomic E-state index is -1.36. The number of fused-ring (bicyclic) bond motifs is 2. The van der Waals surface area contributed by atoms with E-state index < -0.39 is 53.1 Å². The Labute approximate surface area is 297 Å². The molecule has 2 saturated heterocycles. The van der Waals surface area contributed by atoms with Gasteiger partial charge < -0.3 is 30.1 Å². The van der Waals surface area contributed by atoms with Crippen LogP contribution in [0.5, 0.6) is 5.75 Å². The molecule has 3 heterocycles. The number of aromatic nitrogens is 4. The van der Waals surface area contributed by atoms with Crippen molar-refractivity contribution in [1.29, 1.82) is 0 Å². The van der Waals surface area contributed by atoms with Gasteiger partial charge in [-0.15, -0.1) is 10.2 Å². The Hall–Kier alpha value is -5.01. The lowest BCUT2D eigenvalue weighted by atomic mass is 10.0. The zero-order valence-electron chi connectivity index (χ0n) is 29.4. The van der Waals surface area contributed by atoms with Crippen LogP contribution in [0.15, 0.2) is 54.6 Å². The Kier molecular flexibility index (Phi) is 10.6. The number of carbonyl (C=O) groups is 4. The van der Waals surface area contributed by atoms with Gasteiger partial charge in [0.1, 0.15) is 35.6 Å². The number of hydrogen-bond acceptors (Lipinski definition) is 9. The van der Waals surface area contributed by atoms with Gasteiger partial charge in [-0.1, -0.05) is 74.6 Å². The number of rotatable bonds is 7. The van der Waals surface area contributed by atoms with E-state index in [1.165, 1.54) is 9.70 Å². The van der Waals surface area contributed by atoms with E-state index in [1.807, 2.05) is 54.6 Å². The Morgan fingerprint density at radius 2 is 1.76 bits per heavy atom. The molecule has 14 nitrogen and oxygen atoms in total. The van der Waals surface area contributed by atoms with Gasteiger partial charge in [0, 0.05) is 18.5 Å². The average Bonchev–Trinajstić information content (AvgIpc) is 3.39. The van der Waals surface area contributed by atoms with Crippen LogP contribution in [0.1, 0.15) is 90.2 Å². The predicted molar refractivity (Wildman–Crippen MR) is 185 cm³/mol. The number of nitrogens with one attached hydrogen (secondary N) is 2. The summed E-state index contributed by atoms with van der Waals surface area (Å²) < 4.78 is 11.5. The lowest BCUT2D eigenvalue weighted by Gasteiger charge is -2.30. The highest BCUT2D eigenvalue weighted by molar-refractivity contribution is 5.95. The second-order valence-electron chi connectivity index (χ2n) is 14.8. The third kappa shape index (κ3) is 8.66. The summed E-state index contributed by atoms with van der Waals surface area (Å²) in [4.78, 5) is 56.5. The molecule has 1 aromatic heterocycles. The van der Waals surface area contributed by atoms with Crippen molar-refractivity contribution in [3.63, 3.8) is 0 Å². The first-order valence-corrected chi connectivity index (χ1v) is 17.8. The number of amides is 3. The molecule has 51 heavy (non-hydrogen) atoms. The van der Waals surface area contributed by atoms with E-state index in [-0.39, 0.29) is 18.9 Å². The van der Waals surface area contributed by atoms with Crippen LogP contribution >= 0.6 is 0 Å². The molecule has 0 spiro atoms. The lowest BCUT2D eigenvalue weighted by Crippen LogP contribution is -2.56. The first-order valence-electron chi connectivity index (χ1n) is 17.8. The molecule has 2 aromatic carbocycles. The average molecular weight is 702 g/mol. The van der Waals surface area contributed by atoms with Gasteiger partial charge in [0.15, 0.2) is 0 Å². The molecule has 0 unspecified atom stereocenters. The van der Waals surface area contributed by atoms with Gasteiger partial charge in [-0.2, -0.15) is 4.80 Å². The normalized spacial score (nSPS) is 25.7. The zero-order valence-corrected chi connectivity index (χ0v) is 29.4. The highest BCUT2D eigenvalue weighted by Crippen LogP contribution is 2.47. The van der Waals surface area contributed by atoms with Crippen molar-refractivity contribution in [1.82, 2.24) is 35.7 Å². The minimum Gasteiger partial charge on any atom is -0.489 e. The zero-order chi connectivity index (χ0) is 36.2. The van der Waals surface area contributed by atoms with Gasteiger partial charge in [-0.3, -0.25) is 9.59 Å². The van der Waals surface area contributed by atoms with Gasteiger partial charge in [-0.25, -0.2) is 9.59 Å². The fraction of sp³-hybridized carbons (Fsp3) is 0.541. The molecule has 3 amide bonds. The summed E-state index contributed by atoms with van der Waals surface area (Å²) in [6.07, 6.45) is 5.06. The number of hydrogen-bond donors (Lipinski definition) is 3. The molecular formula is C37H47N7O7. The van der Waals surface area contributed by atoms with Crippen LogP contribution in [0.2, 0.25) is 0 Å². The van der Waals surface area contributed by atoms with Crippen LogP contribution < -0.4 is 15.4 Å². The van der Waals surface area contributed by atoms with Gasteiger partial charge in [-0.05, 0) is 68.9 Å². The van der Waals surface area contributed by atoms with E-state index in [0.717, 1.165) is 31.2 Å². The summed E-state index contributed by atoms with van der Waals surface area (Å²) in [6, 6.07) is 14.7. The number of ether oxygens (including phenoxy) is 2. The second kappa shape index (κ2) is 15.1. The highest BCUT2D eigenvalue weighted by atomic mass is 16.6. The van der Waals surface area contributed by atoms with Gasteiger partial charge in [0.25, 0.3) is 0 Å². The number of aliphatic carboxylic acids is 1. The number of alkyl carbamates (subject to hydrolysis) is 1. The van der Waals surface area contributed by atoms with E-state index in [0.29, 0.717) is 49.4 Å². The summed E-state index contributed by atoms with van der Waals surface area (Å²) in [5.74, 6) is -1.26. The van der Waals surface area contributed by atoms with Crippen LogP contribution in [-0.2, 0) is 25.7 Å². The van der Waals surface area contributed by atoms with Crippen molar-refractivity contribution in [3.8, 4) is 17.1 Å². The van der Waals surface area contributed by atoms with Crippen molar-refractivity contribution >= 4 is 23.9 Å². The standard InChI is InChI=1S/C37H47N7O7/c1-36(2,3)51-35(49)38-29-18-11-6-4-5-10-16-26-21-37(26,34(47)48)39-32(45)30-20-27(22-43(30)33(29)46)44-41-31(40-42-44)25-15-12-17-28(19-25)50-23-24-13-8-7-9-14-24/h7-9,12-15,17,19,26-27,29-30H,4-6,10-11,16,18,20-23H2,1-3H3,(H,38,49)(H,39,45)(H,47,48)/t26-,27+,29-,30+,37+/m1/s1. The predicted octanol–water partition coefficient (Wildman–Crippen LogP) is 4.66. The van der Waals surface area contributed by atoms with E-state index in [4.69, 9.17) is 9.47 Å². The molecule has 1 aliphatic carbocycles. The van der Waals surface area contributed by atoms with Crippen LogP contribution in [-0.4, -0.2) is 83.9 Å². The number of benzene rings is 2. The Morgan fingerprint density at radius 1 is 1.02 bits per heavy atom. The van der Waals surface area contributed by atoms with E-state index >= 15 is 0 Å². The lowest BCUT2D eigenvalue weighted by molar-refractivity contribution is -0.146. The van der Waals surface area contributed by atoms with Crippen molar-refractivity contribution in [2.75, 3.05) is 6.54 Å². The quantitative estimate of drug-likeness (QED) is 0.314. The van der Waals surface area contributed by atoms with E-state index in [9.17, 15) is 24.3 Å². The summed E-state index contributed by atoms with van der Waals surface area (Å²) in [6.45, 7) is 5.68. The van der Waals surface area contributed by atoms with Crippen molar-refractivity contribution in [2.45, 2.75) is 114 Å². The highest BCUT2D eigenvalue weighted by Gasteiger charge is 2.62. The van der Waals surface area contributed by atoms with Crippen molar-refractivity contribution in [3.05, 3.63) is 60.2 Å². The number of nitrogens with zero attached hydrogens (tertiary/aromatic N) is 5. The monoisotopic (exact) mass is 701 g/mol. The maximum Gasteiger partial charge on any atom is 0.408 e.